The Kier molecular flexibility index (Phi) is 7.87. The fourth-order valence-electron chi connectivity index (χ4n) is 2.41. The lowest BCUT2D eigenvalue weighted by molar-refractivity contribution is -0.151. The Hall–Kier alpha value is -2.32. The summed E-state index contributed by atoms with van der Waals surface area (Å²) in [7, 11) is 0. The maximum atomic E-state index is 12.0. The van der Waals surface area contributed by atoms with Crippen molar-refractivity contribution < 1.29 is 23.9 Å². The molecule has 1 aromatic rings. The molecular formula is C17H19Cl2N3O5. The number of hydrogen-bond acceptors (Lipinski definition) is 5. The van der Waals surface area contributed by atoms with Gasteiger partial charge in [0.2, 0.25) is 5.91 Å². The predicted octanol–water partition coefficient (Wildman–Crippen LogP) is 1.00. The van der Waals surface area contributed by atoms with Crippen molar-refractivity contribution in [3.05, 3.63) is 33.8 Å². The molecule has 146 valence electrons. The SMILES string of the molecule is O=C(CNC(=O)c1ccc(Cl)cc1Cl)NCC(=O)OCC(=O)N1CCCC1. The molecule has 0 bridgehead atoms. The first-order valence-corrected chi connectivity index (χ1v) is 9.06. The Balaban J connectivity index is 1.65. The number of ether oxygens (including phenoxy) is 1. The highest BCUT2D eigenvalue weighted by Crippen LogP contribution is 2.20. The minimum absolute atomic E-state index is 0.159. The van der Waals surface area contributed by atoms with Crippen molar-refractivity contribution in [2.75, 3.05) is 32.8 Å². The van der Waals surface area contributed by atoms with Crippen LogP contribution in [0.1, 0.15) is 23.2 Å². The number of halogens is 2. The van der Waals surface area contributed by atoms with Gasteiger partial charge in [0.25, 0.3) is 11.8 Å². The summed E-state index contributed by atoms with van der Waals surface area (Å²) in [6.45, 7) is 0.247. The van der Waals surface area contributed by atoms with E-state index in [0.717, 1.165) is 12.8 Å². The summed E-state index contributed by atoms with van der Waals surface area (Å²) in [4.78, 5) is 48.6. The first kappa shape index (κ1) is 21.0. The lowest BCUT2D eigenvalue weighted by Crippen LogP contribution is -2.40. The maximum Gasteiger partial charge on any atom is 0.325 e. The van der Waals surface area contributed by atoms with Crippen molar-refractivity contribution in [3.63, 3.8) is 0 Å². The third kappa shape index (κ3) is 6.73. The van der Waals surface area contributed by atoms with Gasteiger partial charge in [-0.2, -0.15) is 0 Å². The van der Waals surface area contributed by atoms with Gasteiger partial charge in [-0.15, -0.1) is 0 Å². The van der Waals surface area contributed by atoms with Gasteiger partial charge in [-0.1, -0.05) is 23.2 Å². The fourth-order valence-corrected chi connectivity index (χ4v) is 2.91. The van der Waals surface area contributed by atoms with Gasteiger partial charge in [-0.05, 0) is 31.0 Å². The molecule has 27 heavy (non-hydrogen) atoms. The molecule has 2 N–H and O–H groups in total. The zero-order valence-electron chi connectivity index (χ0n) is 14.4. The van der Waals surface area contributed by atoms with E-state index in [2.05, 4.69) is 10.6 Å². The molecule has 3 amide bonds. The van der Waals surface area contributed by atoms with E-state index >= 15 is 0 Å². The number of rotatable bonds is 7. The molecule has 0 spiro atoms. The van der Waals surface area contributed by atoms with E-state index in [-0.39, 0.29) is 29.6 Å². The van der Waals surface area contributed by atoms with Crippen LogP contribution in [0, 0.1) is 0 Å². The van der Waals surface area contributed by atoms with Crippen LogP contribution < -0.4 is 10.6 Å². The smallest absolute Gasteiger partial charge is 0.325 e. The minimum atomic E-state index is -0.733. The summed E-state index contributed by atoms with van der Waals surface area (Å²) >= 11 is 11.7. The average molecular weight is 416 g/mol. The summed E-state index contributed by atoms with van der Waals surface area (Å²) in [6.07, 6.45) is 1.89. The number of hydrogen-bond donors (Lipinski definition) is 2. The van der Waals surface area contributed by atoms with Crippen molar-refractivity contribution in [3.8, 4) is 0 Å². The summed E-state index contributed by atoms with van der Waals surface area (Å²) in [5, 5.41) is 5.22. The monoisotopic (exact) mass is 415 g/mol. The van der Waals surface area contributed by atoms with Gasteiger partial charge in [-0.3, -0.25) is 19.2 Å². The standard InChI is InChI=1S/C17H19Cl2N3O5/c18-11-3-4-12(13(19)7-11)17(26)21-8-14(23)20-9-16(25)27-10-15(24)22-5-1-2-6-22/h3-4,7H,1-2,5-6,8-10H2,(H,20,23)(H,21,26). The van der Waals surface area contributed by atoms with Crippen LogP contribution in [0.3, 0.4) is 0 Å². The van der Waals surface area contributed by atoms with E-state index in [0.29, 0.717) is 18.1 Å². The Morgan fingerprint density at radius 1 is 1.04 bits per heavy atom. The van der Waals surface area contributed by atoms with Crippen molar-refractivity contribution in [2.45, 2.75) is 12.8 Å². The second-order valence-electron chi connectivity index (χ2n) is 5.83. The Bertz CT molecular complexity index is 735. The normalized spacial score (nSPS) is 13.2. The van der Waals surface area contributed by atoms with Gasteiger partial charge >= 0.3 is 5.97 Å². The molecule has 0 saturated carbocycles. The zero-order valence-corrected chi connectivity index (χ0v) is 15.9. The third-order valence-electron chi connectivity index (χ3n) is 3.83. The van der Waals surface area contributed by atoms with E-state index in [1.54, 1.807) is 4.90 Å². The summed E-state index contributed by atoms with van der Waals surface area (Å²) in [6, 6.07) is 4.35. The van der Waals surface area contributed by atoms with E-state index in [4.69, 9.17) is 27.9 Å². The molecular weight excluding hydrogens is 397 g/mol. The van der Waals surface area contributed by atoms with Crippen molar-refractivity contribution in [1.82, 2.24) is 15.5 Å². The highest BCUT2D eigenvalue weighted by Gasteiger charge is 2.19. The number of likely N-dealkylation sites (tertiary alicyclic amines) is 1. The third-order valence-corrected chi connectivity index (χ3v) is 4.38. The van der Waals surface area contributed by atoms with Gasteiger partial charge in [0.15, 0.2) is 6.61 Å². The molecule has 1 aromatic carbocycles. The summed E-state index contributed by atoms with van der Waals surface area (Å²) < 4.78 is 4.83. The number of amides is 3. The molecule has 1 aliphatic heterocycles. The molecule has 0 aromatic heterocycles. The van der Waals surface area contributed by atoms with Crippen molar-refractivity contribution in [2.24, 2.45) is 0 Å². The van der Waals surface area contributed by atoms with Crippen molar-refractivity contribution in [1.29, 1.82) is 0 Å². The lowest BCUT2D eigenvalue weighted by atomic mass is 10.2. The average Bonchev–Trinajstić information content (AvgIpc) is 3.17. The summed E-state index contributed by atoms with van der Waals surface area (Å²) in [5.41, 5.74) is 0.175. The second-order valence-corrected chi connectivity index (χ2v) is 6.68. The van der Waals surface area contributed by atoms with Gasteiger partial charge in [0.1, 0.15) is 6.54 Å². The zero-order chi connectivity index (χ0) is 19.8. The Morgan fingerprint density at radius 2 is 1.74 bits per heavy atom. The molecule has 0 unspecified atom stereocenters. The van der Waals surface area contributed by atoms with Crippen LogP contribution in [-0.4, -0.2) is 61.4 Å². The first-order chi connectivity index (χ1) is 12.9. The molecule has 0 radical (unpaired) electrons. The van der Waals surface area contributed by atoms with E-state index < -0.39 is 24.3 Å². The number of carbonyl (C=O) groups is 4. The first-order valence-electron chi connectivity index (χ1n) is 8.30. The van der Waals surface area contributed by atoms with E-state index in [1.165, 1.54) is 18.2 Å². The molecule has 1 aliphatic rings. The van der Waals surface area contributed by atoms with Gasteiger partial charge in [0.05, 0.1) is 17.1 Å². The lowest BCUT2D eigenvalue weighted by Gasteiger charge is -2.15. The number of benzene rings is 1. The largest absolute Gasteiger partial charge is 0.454 e. The minimum Gasteiger partial charge on any atom is -0.454 e. The predicted molar refractivity (Wildman–Crippen MR) is 98.6 cm³/mol. The van der Waals surface area contributed by atoms with E-state index in [9.17, 15) is 19.2 Å². The molecule has 10 heteroatoms. The van der Waals surface area contributed by atoms with Gasteiger partial charge in [-0.25, -0.2) is 0 Å². The number of esters is 1. The quantitative estimate of drug-likeness (QED) is 0.646. The van der Waals surface area contributed by atoms with Crippen LogP contribution in [0.4, 0.5) is 0 Å². The van der Waals surface area contributed by atoms with Crippen LogP contribution in [0.25, 0.3) is 0 Å². The van der Waals surface area contributed by atoms with Crippen LogP contribution in [-0.2, 0) is 19.1 Å². The second kappa shape index (κ2) is 10.1. The summed E-state index contributed by atoms with van der Waals surface area (Å²) in [5.74, 6) is -2.12. The highest BCUT2D eigenvalue weighted by atomic mass is 35.5. The molecule has 0 atom stereocenters. The molecule has 8 nitrogen and oxygen atoms in total. The molecule has 2 rings (SSSR count). The van der Waals surface area contributed by atoms with Crippen LogP contribution >= 0.6 is 23.2 Å². The van der Waals surface area contributed by atoms with Crippen LogP contribution in [0.5, 0.6) is 0 Å². The van der Waals surface area contributed by atoms with Gasteiger partial charge in [0, 0.05) is 18.1 Å². The highest BCUT2D eigenvalue weighted by molar-refractivity contribution is 6.36. The number of carbonyl (C=O) groups excluding carboxylic acids is 4. The molecule has 0 aliphatic carbocycles. The molecule has 1 fully saturated rings. The molecule has 1 heterocycles. The van der Waals surface area contributed by atoms with Gasteiger partial charge < -0.3 is 20.3 Å². The van der Waals surface area contributed by atoms with E-state index in [1.807, 2.05) is 0 Å². The molecule has 1 saturated heterocycles. The number of nitrogens with zero attached hydrogens (tertiary/aromatic N) is 1. The fraction of sp³-hybridized carbons (Fsp3) is 0.412. The topological polar surface area (TPSA) is 105 Å². The Morgan fingerprint density at radius 3 is 2.41 bits per heavy atom. The number of nitrogens with one attached hydrogen (secondary N) is 2. The maximum absolute atomic E-state index is 12.0. The van der Waals surface area contributed by atoms with Crippen LogP contribution in [0.2, 0.25) is 10.0 Å². The van der Waals surface area contributed by atoms with Crippen molar-refractivity contribution >= 4 is 46.9 Å². The van der Waals surface area contributed by atoms with Crippen LogP contribution in [0.15, 0.2) is 18.2 Å². The Labute approximate surface area is 166 Å².